The van der Waals surface area contributed by atoms with Crippen molar-refractivity contribution in [1.82, 2.24) is 14.8 Å². The Morgan fingerprint density at radius 2 is 2.00 bits per heavy atom. The Bertz CT molecular complexity index is 673. The quantitative estimate of drug-likeness (QED) is 0.835. The number of halogens is 2. The van der Waals surface area contributed by atoms with E-state index in [1.54, 1.807) is 6.07 Å². The summed E-state index contributed by atoms with van der Waals surface area (Å²) in [5, 5.41) is 6.99. The first-order chi connectivity index (χ1) is 8.40. The van der Waals surface area contributed by atoms with Crippen molar-refractivity contribution >= 4 is 58.5 Å². The normalized spacial score (nSPS) is 11.5. The summed E-state index contributed by atoms with van der Waals surface area (Å²) in [6, 6.07) is 3.24. The van der Waals surface area contributed by atoms with Crippen LogP contribution in [0, 0.1) is 6.92 Å². The minimum atomic E-state index is -3.71. The predicted octanol–water partition coefficient (Wildman–Crippen LogP) is 2.57. The first-order valence-electron chi connectivity index (χ1n) is 4.53. The molecule has 0 aliphatic carbocycles. The van der Waals surface area contributed by atoms with Gasteiger partial charge in [-0.25, -0.2) is 8.42 Å². The molecule has 0 aliphatic heterocycles. The number of nitrogens with zero attached hydrogens (tertiary/aromatic N) is 3. The fourth-order valence-corrected chi connectivity index (χ4v) is 4.44. The molecule has 6 nitrogen and oxygen atoms in total. The van der Waals surface area contributed by atoms with E-state index in [4.69, 9.17) is 0 Å². The molecule has 0 amide bonds. The zero-order valence-electron chi connectivity index (χ0n) is 8.89. The lowest BCUT2D eigenvalue weighted by Gasteiger charge is -2.08. The summed E-state index contributed by atoms with van der Waals surface area (Å²) in [4.78, 5) is 0.121. The lowest BCUT2D eigenvalue weighted by atomic mass is 10.2. The van der Waals surface area contributed by atoms with E-state index in [0.717, 1.165) is 17.1 Å². The van der Waals surface area contributed by atoms with Gasteiger partial charge in [-0.2, -0.15) is 0 Å². The van der Waals surface area contributed by atoms with E-state index in [2.05, 4.69) is 51.4 Å². The van der Waals surface area contributed by atoms with Crippen LogP contribution < -0.4 is 4.72 Å². The lowest BCUT2D eigenvalue weighted by Crippen LogP contribution is -2.13. The van der Waals surface area contributed by atoms with Gasteiger partial charge in [0.05, 0.1) is 0 Å². The Labute approximate surface area is 124 Å². The van der Waals surface area contributed by atoms with Crippen LogP contribution in [0.25, 0.3) is 0 Å². The summed E-state index contributed by atoms with van der Waals surface area (Å²) in [6.45, 7) is 1.87. The number of hydrogen-bond donors (Lipinski definition) is 1. The lowest BCUT2D eigenvalue weighted by molar-refractivity contribution is 0.600. The van der Waals surface area contributed by atoms with Crippen molar-refractivity contribution < 1.29 is 8.42 Å². The first kappa shape index (κ1) is 13.8. The van der Waals surface area contributed by atoms with Crippen molar-refractivity contribution in [2.45, 2.75) is 11.8 Å². The number of aromatic nitrogens is 3. The zero-order valence-corrected chi connectivity index (χ0v) is 13.7. The molecule has 0 spiro atoms. The highest BCUT2D eigenvalue weighted by molar-refractivity contribution is 9.11. The molecular weight excluding hydrogens is 408 g/mol. The molecule has 10 heteroatoms. The Kier molecular flexibility index (Phi) is 3.99. The van der Waals surface area contributed by atoms with E-state index >= 15 is 0 Å². The Morgan fingerprint density at radius 3 is 2.61 bits per heavy atom. The smallest absolute Gasteiger partial charge is 0.252 e. The van der Waals surface area contributed by atoms with E-state index in [-0.39, 0.29) is 10.0 Å². The summed E-state index contributed by atoms with van der Waals surface area (Å²) in [6.07, 6.45) is 0. The highest BCUT2D eigenvalue weighted by Crippen LogP contribution is 2.30. The van der Waals surface area contributed by atoms with Crippen LogP contribution in [0.2, 0.25) is 0 Å². The first-order valence-corrected chi connectivity index (χ1v) is 8.38. The number of nitrogens with one attached hydrogen (secondary N) is 1. The van der Waals surface area contributed by atoms with Crippen LogP contribution in [-0.4, -0.2) is 23.2 Å². The summed E-state index contributed by atoms with van der Waals surface area (Å²) >= 11 is 7.40. The van der Waals surface area contributed by atoms with Crippen LogP contribution in [0.1, 0.15) is 5.56 Å². The second-order valence-corrected chi connectivity index (χ2v) is 7.40. The number of aryl methyl sites for hydroxylation is 1. The molecule has 1 heterocycles. The maximum Gasteiger partial charge on any atom is 0.264 e. The molecule has 0 bridgehead atoms. The highest BCUT2D eigenvalue weighted by Gasteiger charge is 2.20. The molecule has 2 aromatic rings. The van der Waals surface area contributed by atoms with Gasteiger partial charge in [0, 0.05) is 20.5 Å². The van der Waals surface area contributed by atoms with Crippen molar-refractivity contribution in [3.8, 4) is 0 Å². The highest BCUT2D eigenvalue weighted by atomic mass is 79.9. The zero-order chi connectivity index (χ0) is 13.3. The molecule has 0 radical (unpaired) electrons. The largest absolute Gasteiger partial charge is 0.264 e. The Balaban J connectivity index is 2.44. The second-order valence-electron chi connectivity index (χ2n) is 3.30. The van der Waals surface area contributed by atoms with Gasteiger partial charge >= 0.3 is 0 Å². The Hall–Kier alpha value is -0.580. The molecule has 1 aromatic heterocycles. The molecular formula is C8H6Br2N4O2S2. The van der Waals surface area contributed by atoms with Crippen LogP contribution in [0.3, 0.4) is 0 Å². The Morgan fingerprint density at radius 1 is 1.28 bits per heavy atom. The molecule has 0 atom stereocenters. The molecule has 96 valence electrons. The number of anilines is 1. The van der Waals surface area contributed by atoms with Crippen molar-refractivity contribution in [2.24, 2.45) is 0 Å². The fraction of sp³-hybridized carbons (Fsp3) is 0.125. The third-order valence-corrected chi connectivity index (χ3v) is 5.82. The molecule has 0 unspecified atom stereocenters. The average molecular weight is 414 g/mol. The van der Waals surface area contributed by atoms with Gasteiger partial charge in [-0.15, -0.1) is 0 Å². The van der Waals surface area contributed by atoms with E-state index in [9.17, 15) is 8.42 Å². The van der Waals surface area contributed by atoms with Crippen molar-refractivity contribution in [3.05, 3.63) is 26.6 Å². The third-order valence-electron chi connectivity index (χ3n) is 2.02. The summed E-state index contributed by atoms with van der Waals surface area (Å²) in [5.74, 6) is 0. The van der Waals surface area contributed by atoms with Gasteiger partial charge in [-0.3, -0.25) is 4.72 Å². The maximum atomic E-state index is 12.1. The number of rotatable bonds is 3. The van der Waals surface area contributed by atoms with Crippen LogP contribution in [-0.2, 0) is 10.0 Å². The van der Waals surface area contributed by atoms with Crippen molar-refractivity contribution in [2.75, 3.05) is 4.72 Å². The molecule has 0 fully saturated rings. The molecule has 0 saturated heterocycles. The summed E-state index contributed by atoms with van der Waals surface area (Å²) < 4.78 is 31.2. The second kappa shape index (κ2) is 5.19. The number of benzene rings is 1. The van der Waals surface area contributed by atoms with E-state index < -0.39 is 10.0 Å². The summed E-state index contributed by atoms with van der Waals surface area (Å²) in [7, 11) is -3.71. The topological polar surface area (TPSA) is 84.8 Å². The minimum Gasteiger partial charge on any atom is -0.252 e. The molecule has 2 rings (SSSR count). The third kappa shape index (κ3) is 2.87. The van der Waals surface area contributed by atoms with Crippen LogP contribution in [0.4, 0.5) is 5.13 Å². The molecule has 1 aromatic carbocycles. The molecule has 1 N–H and O–H groups in total. The van der Waals surface area contributed by atoms with Crippen molar-refractivity contribution in [1.29, 1.82) is 0 Å². The molecule has 18 heavy (non-hydrogen) atoms. The summed E-state index contributed by atoms with van der Waals surface area (Å²) in [5.41, 5.74) is 0.929. The fourth-order valence-electron chi connectivity index (χ4n) is 1.18. The monoisotopic (exact) mass is 412 g/mol. The van der Waals surface area contributed by atoms with Crippen LogP contribution in [0.5, 0.6) is 0 Å². The average Bonchev–Trinajstić information content (AvgIpc) is 2.75. The molecule has 0 saturated carbocycles. The molecule has 0 aliphatic rings. The van der Waals surface area contributed by atoms with Gasteiger partial charge < -0.3 is 0 Å². The van der Waals surface area contributed by atoms with E-state index in [1.807, 2.05) is 6.92 Å². The van der Waals surface area contributed by atoms with Crippen LogP contribution >= 0.6 is 43.4 Å². The standard InChI is InChI=1S/C8H6Br2N4O2S2/c1-4-2-6(10)7(3-5(4)9)18(15,16)12-8-11-13-14-17-8/h2-3H,1H3,(H,11,12,14). The minimum absolute atomic E-state index is 0.121. The van der Waals surface area contributed by atoms with Crippen LogP contribution in [0.15, 0.2) is 26.0 Å². The van der Waals surface area contributed by atoms with Gasteiger partial charge in [0.1, 0.15) is 4.90 Å². The predicted molar refractivity (Wildman–Crippen MR) is 75.1 cm³/mol. The van der Waals surface area contributed by atoms with Gasteiger partial charge in [-0.05, 0) is 45.8 Å². The van der Waals surface area contributed by atoms with Gasteiger partial charge in [0.25, 0.3) is 10.0 Å². The SMILES string of the molecule is Cc1cc(Br)c(S(=O)(=O)Nc2nnns2)cc1Br. The van der Waals surface area contributed by atoms with Gasteiger partial charge in [-0.1, -0.05) is 25.5 Å². The van der Waals surface area contributed by atoms with E-state index in [0.29, 0.717) is 8.95 Å². The van der Waals surface area contributed by atoms with E-state index in [1.165, 1.54) is 6.07 Å². The van der Waals surface area contributed by atoms with Gasteiger partial charge in [0.2, 0.25) is 5.13 Å². The van der Waals surface area contributed by atoms with Gasteiger partial charge in [0.15, 0.2) is 0 Å². The number of sulfonamides is 1. The number of hydrogen-bond acceptors (Lipinski definition) is 6. The van der Waals surface area contributed by atoms with Crippen molar-refractivity contribution in [3.63, 3.8) is 0 Å². The maximum absolute atomic E-state index is 12.1.